The average Bonchev–Trinajstić information content (AvgIpc) is 3.93. The lowest BCUT2D eigenvalue weighted by Crippen LogP contribution is -2.60. The highest BCUT2D eigenvalue weighted by atomic mass is 35.5. The van der Waals surface area contributed by atoms with Crippen molar-refractivity contribution in [2.75, 3.05) is 61.9 Å². The van der Waals surface area contributed by atoms with Crippen molar-refractivity contribution in [3.8, 4) is 5.69 Å². The van der Waals surface area contributed by atoms with Gasteiger partial charge in [0.2, 0.25) is 11.8 Å². The highest BCUT2D eigenvalue weighted by Gasteiger charge is 2.41. The van der Waals surface area contributed by atoms with Crippen molar-refractivity contribution in [1.29, 1.82) is 0 Å². The van der Waals surface area contributed by atoms with Gasteiger partial charge in [0.1, 0.15) is 18.1 Å². The summed E-state index contributed by atoms with van der Waals surface area (Å²) in [4.78, 5) is 87.8. The number of benzene rings is 3. The number of fused-ring (bicyclic) bond motifs is 1. The zero-order chi connectivity index (χ0) is 41.8. The summed E-state index contributed by atoms with van der Waals surface area (Å²) in [6.07, 6.45) is 2.34. The van der Waals surface area contributed by atoms with Gasteiger partial charge in [-0.2, -0.15) is 4.68 Å². The average molecular weight is 826 g/mol. The summed E-state index contributed by atoms with van der Waals surface area (Å²) < 4.78 is 1.34. The third-order valence-electron chi connectivity index (χ3n) is 10.5. The Hall–Kier alpha value is -6.86. The van der Waals surface area contributed by atoms with Gasteiger partial charge in [-0.25, -0.2) is 9.59 Å². The van der Waals surface area contributed by atoms with Crippen LogP contribution in [0.25, 0.3) is 16.6 Å². The van der Waals surface area contributed by atoms with Crippen molar-refractivity contribution < 1.29 is 39.0 Å². The number of rotatable bonds is 12. The number of likely N-dealkylation sites (tertiary alicyclic amines) is 1. The molecule has 1 atom stereocenters. The number of aliphatic hydroxyl groups is 1. The fourth-order valence-electron chi connectivity index (χ4n) is 7.30. The van der Waals surface area contributed by atoms with Gasteiger partial charge in [0.05, 0.1) is 18.0 Å². The Morgan fingerprint density at radius 3 is 2.36 bits per heavy atom. The van der Waals surface area contributed by atoms with E-state index >= 15 is 0 Å². The number of aromatic carboxylic acids is 1. The SMILES string of the molecule is CN(CCO)C(=O)C1CCN(C(=O)Nc2ccc(CC(C(=O)Nc3ccc4[nH]c(C(=O)O)cc4c3)N3CCN(c4cc(Cl)ccc4-n4cnnn4)C(=O)C3=O)cc2)CC1. The number of H-pyrrole nitrogens is 1. The molecular formula is C39H40ClN11O8. The first-order chi connectivity index (χ1) is 28.4. The minimum Gasteiger partial charge on any atom is -0.477 e. The second kappa shape index (κ2) is 17.3. The number of nitrogens with zero attached hydrogens (tertiary/aromatic N) is 8. The van der Waals surface area contributed by atoms with E-state index < -0.39 is 29.7 Å². The largest absolute Gasteiger partial charge is 0.477 e. The number of aliphatic hydroxyl groups excluding tert-OH is 1. The van der Waals surface area contributed by atoms with Gasteiger partial charge in [0.15, 0.2) is 0 Å². The van der Waals surface area contributed by atoms with Crippen LogP contribution in [0.4, 0.5) is 21.9 Å². The molecule has 0 radical (unpaired) electrons. The van der Waals surface area contributed by atoms with Crippen LogP contribution >= 0.6 is 11.6 Å². The monoisotopic (exact) mass is 825 g/mol. The van der Waals surface area contributed by atoms with Crippen molar-refractivity contribution in [3.05, 3.63) is 89.3 Å². The molecule has 306 valence electrons. The highest BCUT2D eigenvalue weighted by Crippen LogP contribution is 2.30. The predicted molar refractivity (Wildman–Crippen MR) is 214 cm³/mol. The summed E-state index contributed by atoms with van der Waals surface area (Å²) in [7, 11) is 1.65. The molecule has 19 nitrogen and oxygen atoms in total. The Labute approximate surface area is 341 Å². The summed E-state index contributed by atoms with van der Waals surface area (Å²) >= 11 is 6.31. The molecule has 2 aromatic heterocycles. The summed E-state index contributed by atoms with van der Waals surface area (Å²) in [6.45, 7) is 0.882. The van der Waals surface area contributed by atoms with Gasteiger partial charge in [-0.1, -0.05) is 23.7 Å². The zero-order valence-electron chi connectivity index (χ0n) is 31.7. The number of aromatic nitrogens is 5. The number of piperazine rings is 1. The predicted octanol–water partition coefficient (Wildman–Crippen LogP) is 2.62. The standard InChI is InChI=1S/C39H40ClN11O8/c1-47(16-17-52)35(54)24-10-12-48(13-11-24)39(59)43-27-5-2-23(3-6-27)18-33(34(53)42-28-7-8-29-25(19-28)20-30(44-29)38(57)58)50-15-14-49(36(55)37(50)56)32-21-26(40)4-9-31(32)51-22-41-45-46-51/h2-9,19-22,24,33,44,52H,10-18H2,1H3,(H,42,53)(H,43,59)(H,57,58). The molecule has 1 unspecified atom stereocenters. The van der Waals surface area contributed by atoms with Crippen LogP contribution in [-0.4, -0.2) is 138 Å². The maximum absolute atomic E-state index is 14.2. The molecule has 0 saturated carbocycles. The number of hydrogen-bond acceptors (Lipinski definition) is 10. The second-order valence-corrected chi connectivity index (χ2v) is 14.7. The first-order valence-electron chi connectivity index (χ1n) is 18.7. The molecule has 0 spiro atoms. The molecule has 2 aliphatic heterocycles. The Bertz CT molecular complexity index is 2400. The van der Waals surface area contributed by atoms with E-state index in [4.69, 9.17) is 16.7 Å². The van der Waals surface area contributed by atoms with Crippen molar-refractivity contribution in [1.82, 2.24) is 39.9 Å². The molecule has 59 heavy (non-hydrogen) atoms. The number of aromatic amines is 1. The summed E-state index contributed by atoms with van der Waals surface area (Å²) in [6, 6.07) is 16.3. The van der Waals surface area contributed by atoms with Crippen molar-refractivity contribution in [2.24, 2.45) is 5.92 Å². The van der Waals surface area contributed by atoms with Gasteiger partial charge in [0, 0.05) is 79.4 Å². The fourth-order valence-corrected chi connectivity index (χ4v) is 7.47. The van der Waals surface area contributed by atoms with Gasteiger partial charge < -0.3 is 45.4 Å². The van der Waals surface area contributed by atoms with Crippen LogP contribution < -0.4 is 15.5 Å². The van der Waals surface area contributed by atoms with Crippen LogP contribution in [0.3, 0.4) is 0 Å². The Morgan fingerprint density at radius 2 is 1.66 bits per heavy atom. The summed E-state index contributed by atoms with van der Waals surface area (Å²) in [5, 5.41) is 36.4. The molecule has 20 heteroatoms. The van der Waals surface area contributed by atoms with Crippen LogP contribution in [0.5, 0.6) is 0 Å². The number of urea groups is 1. The van der Waals surface area contributed by atoms with Crippen LogP contribution in [-0.2, 0) is 25.6 Å². The normalized spacial score (nSPS) is 15.3. The van der Waals surface area contributed by atoms with E-state index in [1.165, 1.54) is 37.8 Å². The number of halogens is 1. The van der Waals surface area contributed by atoms with Gasteiger partial charge in [0.25, 0.3) is 0 Å². The van der Waals surface area contributed by atoms with Gasteiger partial charge in [-0.05, 0) is 83.4 Å². The quantitative estimate of drug-likeness (QED) is 0.115. The fraction of sp³-hybridized carbons (Fsp3) is 0.308. The molecule has 3 aromatic carbocycles. The maximum Gasteiger partial charge on any atom is 0.352 e. The van der Waals surface area contributed by atoms with Crippen LogP contribution in [0, 0.1) is 5.92 Å². The molecule has 2 saturated heterocycles. The van der Waals surface area contributed by atoms with E-state index in [0.29, 0.717) is 70.2 Å². The van der Waals surface area contributed by atoms with E-state index in [9.17, 15) is 33.9 Å². The van der Waals surface area contributed by atoms with Gasteiger partial charge in [-0.15, -0.1) is 5.10 Å². The highest BCUT2D eigenvalue weighted by molar-refractivity contribution is 6.41. The number of likely N-dealkylation sites (N-methyl/N-ethyl adjacent to an activating group) is 1. The Kier molecular flexibility index (Phi) is 11.8. The number of carboxylic acids is 1. The Morgan fingerprint density at radius 1 is 0.915 bits per heavy atom. The number of tetrazole rings is 1. The number of hydrogen-bond donors (Lipinski definition) is 5. The molecule has 7 rings (SSSR count). The van der Waals surface area contributed by atoms with Crippen LogP contribution in [0.1, 0.15) is 28.9 Å². The number of nitrogens with one attached hydrogen (secondary N) is 3. The number of carbonyl (C=O) groups is 6. The lowest BCUT2D eigenvalue weighted by molar-refractivity contribution is -0.149. The second-order valence-electron chi connectivity index (χ2n) is 14.2. The summed E-state index contributed by atoms with van der Waals surface area (Å²) in [5.41, 5.74) is 2.68. The van der Waals surface area contributed by atoms with Crippen molar-refractivity contribution in [3.63, 3.8) is 0 Å². The Balaban J connectivity index is 1.08. The van der Waals surface area contributed by atoms with Crippen molar-refractivity contribution >= 4 is 75.2 Å². The molecule has 2 aliphatic rings. The van der Waals surface area contributed by atoms with E-state index in [1.807, 2.05) is 0 Å². The van der Waals surface area contributed by atoms with Gasteiger partial charge in [-0.3, -0.25) is 19.2 Å². The molecule has 0 aliphatic carbocycles. The minimum absolute atomic E-state index is 0.00600. The number of carbonyl (C=O) groups excluding carboxylic acids is 5. The lowest BCUT2D eigenvalue weighted by Gasteiger charge is -2.38. The van der Waals surface area contributed by atoms with Crippen molar-refractivity contribution in [2.45, 2.75) is 25.3 Å². The zero-order valence-corrected chi connectivity index (χ0v) is 32.5. The van der Waals surface area contributed by atoms with E-state index in [0.717, 1.165) is 0 Å². The maximum atomic E-state index is 14.2. The third kappa shape index (κ3) is 8.85. The van der Waals surface area contributed by atoms with Gasteiger partial charge >= 0.3 is 23.8 Å². The first kappa shape index (κ1) is 40.3. The molecule has 4 heterocycles. The van der Waals surface area contributed by atoms with Crippen LogP contribution in [0.2, 0.25) is 5.02 Å². The lowest BCUT2D eigenvalue weighted by atomic mass is 9.95. The van der Waals surface area contributed by atoms with E-state index in [-0.39, 0.29) is 56.2 Å². The molecule has 6 amide bonds. The number of anilines is 3. The number of amides is 6. The van der Waals surface area contributed by atoms with E-state index in [2.05, 4.69) is 31.1 Å². The van der Waals surface area contributed by atoms with Crippen LogP contribution in [0.15, 0.2) is 73.1 Å². The molecule has 0 bridgehead atoms. The third-order valence-corrected chi connectivity index (χ3v) is 10.7. The molecule has 5 N–H and O–H groups in total. The minimum atomic E-state index is -1.18. The smallest absolute Gasteiger partial charge is 0.352 e. The molecule has 5 aromatic rings. The summed E-state index contributed by atoms with van der Waals surface area (Å²) in [5.74, 6) is -3.84. The topological polar surface area (TPSA) is 239 Å². The molecular weight excluding hydrogens is 786 g/mol. The first-order valence-corrected chi connectivity index (χ1v) is 19.1. The number of carboxylic acid groups (broad SMARTS) is 1. The number of piperidine rings is 1. The molecule has 2 fully saturated rings. The van der Waals surface area contributed by atoms with E-state index in [1.54, 1.807) is 66.5 Å².